The predicted molar refractivity (Wildman–Crippen MR) is 31.1 cm³/mol. The number of hydrogen-bond acceptors (Lipinski definition) is 3. The highest BCUT2D eigenvalue weighted by atomic mass is 16.3. The summed E-state index contributed by atoms with van der Waals surface area (Å²) in [5.41, 5.74) is -1.39. The highest BCUT2D eigenvalue weighted by molar-refractivity contribution is 5.17. The van der Waals surface area contributed by atoms with Crippen molar-refractivity contribution in [2.24, 2.45) is 5.41 Å². The summed E-state index contributed by atoms with van der Waals surface area (Å²) in [4.78, 5) is 0. The van der Waals surface area contributed by atoms with Gasteiger partial charge in [0.25, 0.3) is 0 Å². The van der Waals surface area contributed by atoms with Crippen LogP contribution in [-0.4, -0.2) is 23.4 Å². The maximum atomic E-state index is 8.45. The zero-order valence-corrected chi connectivity index (χ0v) is 4.83. The molecule has 0 saturated carbocycles. The molecule has 0 amide bonds. The monoisotopic (exact) mass is 125 g/mol. The minimum absolute atomic E-state index is 0.503. The number of hydrogen-bond donors (Lipinski definition) is 2. The van der Waals surface area contributed by atoms with Gasteiger partial charge in [0.1, 0.15) is 0 Å². The smallest absolute Gasteiger partial charge is 0.163 e. The fraction of sp³-hybridized carbons (Fsp3) is 0.500. The molecular weight excluding hydrogens is 118 g/mol. The molecule has 0 aromatic heterocycles. The van der Waals surface area contributed by atoms with Crippen molar-refractivity contribution in [3.8, 4) is 18.4 Å². The van der Waals surface area contributed by atoms with Crippen LogP contribution in [0.1, 0.15) is 0 Å². The molecule has 0 aromatic carbocycles. The van der Waals surface area contributed by atoms with Gasteiger partial charge in [0.05, 0.1) is 19.3 Å². The van der Waals surface area contributed by atoms with Crippen molar-refractivity contribution in [1.29, 1.82) is 5.26 Å². The van der Waals surface area contributed by atoms with Gasteiger partial charge in [-0.05, 0) is 0 Å². The van der Waals surface area contributed by atoms with Gasteiger partial charge in [-0.25, -0.2) is 0 Å². The molecule has 3 nitrogen and oxygen atoms in total. The molecule has 0 heterocycles. The highest BCUT2D eigenvalue weighted by Gasteiger charge is 2.24. The van der Waals surface area contributed by atoms with E-state index in [9.17, 15) is 0 Å². The molecule has 0 aromatic rings. The van der Waals surface area contributed by atoms with Crippen LogP contribution >= 0.6 is 0 Å². The van der Waals surface area contributed by atoms with Gasteiger partial charge in [0.2, 0.25) is 0 Å². The maximum Gasteiger partial charge on any atom is 0.163 e. The molecule has 0 bridgehead atoms. The molecule has 0 unspecified atom stereocenters. The summed E-state index contributed by atoms with van der Waals surface area (Å²) in [5.74, 6) is 2.00. The van der Waals surface area contributed by atoms with Crippen LogP contribution in [0.15, 0.2) is 0 Å². The zero-order valence-electron chi connectivity index (χ0n) is 4.83. The third kappa shape index (κ3) is 1.43. The van der Waals surface area contributed by atoms with Crippen LogP contribution < -0.4 is 0 Å². The standard InChI is InChI=1S/C6H7NO2/c1-2-6(3-7,4-8)5-9/h1,8-9H,4-5H2. The van der Waals surface area contributed by atoms with Crippen molar-refractivity contribution in [2.45, 2.75) is 0 Å². The Morgan fingerprint density at radius 3 is 1.89 bits per heavy atom. The van der Waals surface area contributed by atoms with E-state index < -0.39 is 18.6 Å². The summed E-state index contributed by atoms with van der Waals surface area (Å²) in [5, 5.41) is 25.2. The van der Waals surface area contributed by atoms with E-state index in [1.54, 1.807) is 6.07 Å². The topological polar surface area (TPSA) is 64.2 Å². The minimum atomic E-state index is -1.39. The number of rotatable bonds is 2. The lowest BCUT2D eigenvalue weighted by molar-refractivity contribution is 0.141. The quantitative estimate of drug-likeness (QED) is 0.471. The van der Waals surface area contributed by atoms with Crippen LogP contribution in [0.5, 0.6) is 0 Å². The Morgan fingerprint density at radius 1 is 1.44 bits per heavy atom. The minimum Gasteiger partial charge on any atom is -0.394 e. The molecule has 0 saturated heterocycles. The number of aliphatic hydroxyl groups is 2. The largest absolute Gasteiger partial charge is 0.394 e. The summed E-state index contributed by atoms with van der Waals surface area (Å²) < 4.78 is 0. The lowest BCUT2D eigenvalue weighted by Crippen LogP contribution is -2.25. The van der Waals surface area contributed by atoms with Crippen LogP contribution in [0, 0.1) is 29.1 Å². The summed E-state index contributed by atoms with van der Waals surface area (Å²) >= 11 is 0. The molecule has 0 rings (SSSR count). The van der Waals surface area contributed by atoms with E-state index in [0.29, 0.717) is 0 Å². The molecule has 2 N–H and O–H groups in total. The van der Waals surface area contributed by atoms with Crippen LogP contribution in [0.3, 0.4) is 0 Å². The molecule has 0 aliphatic carbocycles. The van der Waals surface area contributed by atoms with Crippen LogP contribution in [0.25, 0.3) is 0 Å². The first-order valence-electron chi connectivity index (χ1n) is 2.35. The molecular formula is C6H7NO2. The number of nitriles is 1. The van der Waals surface area contributed by atoms with Gasteiger partial charge in [-0.1, -0.05) is 5.92 Å². The van der Waals surface area contributed by atoms with Gasteiger partial charge in [0, 0.05) is 0 Å². The van der Waals surface area contributed by atoms with Crippen molar-refractivity contribution >= 4 is 0 Å². The summed E-state index contributed by atoms with van der Waals surface area (Å²) in [6.45, 7) is -1.01. The van der Waals surface area contributed by atoms with Crippen LogP contribution in [0.4, 0.5) is 0 Å². The Kier molecular flexibility index (Phi) is 2.73. The second-order valence-electron chi connectivity index (χ2n) is 1.65. The van der Waals surface area contributed by atoms with E-state index in [4.69, 9.17) is 21.9 Å². The second kappa shape index (κ2) is 3.09. The van der Waals surface area contributed by atoms with E-state index in [1.165, 1.54) is 0 Å². The molecule has 0 fully saturated rings. The fourth-order valence-electron chi connectivity index (χ4n) is 0.244. The third-order valence-corrected chi connectivity index (χ3v) is 1.03. The van der Waals surface area contributed by atoms with Crippen molar-refractivity contribution in [1.82, 2.24) is 0 Å². The Bertz CT molecular complexity index is 143. The van der Waals surface area contributed by atoms with Gasteiger partial charge in [-0.3, -0.25) is 0 Å². The van der Waals surface area contributed by atoms with Crippen LogP contribution in [0.2, 0.25) is 0 Å². The predicted octanol–water partition coefficient (Wildman–Crippen LogP) is -0.886. The van der Waals surface area contributed by atoms with Crippen molar-refractivity contribution in [2.75, 3.05) is 13.2 Å². The summed E-state index contributed by atoms with van der Waals surface area (Å²) in [7, 11) is 0. The molecule has 3 heteroatoms. The first-order valence-corrected chi connectivity index (χ1v) is 2.35. The lowest BCUT2D eigenvalue weighted by atomic mass is 9.94. The average molecular weight is 125 g/mol. The van der Waals surface area contributed by atoms with Crippen molar-refractivity contribution in [3.05, 3.63) is 0 Å². The summed E-state index contributed by atoms with van der Waals surface area (Å²) in [6.07, 6.45) is 4.85. The second-order valence-corrected chi connectivity index (χ2v) is 1.65. The van der Waals surface area contributed by atoms with Gasteiger partial charge < -0.3 is 10.2 Å². The van der Waals surface area contributed by atoms with Gasteiger partial charge in [0.15, 0.2) is 5.41 Å². The van der Waals surface area contributed by atoms with Gasteiger partial charge >= 0.3 is 0 Å². The third-order valence-electron chi connectivity index (χ3n) is 1.03. The molecule has 48 valence electrons. The Hall–Kier alpha value is -1.03. The molecule has 0 aliphatic heterocycles. The molecule has 0 radical (unpaired) electrons. The van der Waals surface area contributed by atoms with E-state index in [-0.39, 0.29) is 0 Å². The maximum absolute atomic E-state index is 8.45. The fourth-order valence-corrected chi connectivity index (χ4v) is 0.244. The molecule has 0 aliphatic rings. The first kappa shape index (κ1) is 7.97. The first-order chi connectivity index (χ1) is 4.24. The number of nitrogens with zero attached hydrogens (tertiary/aromatic N) is 1. The summed E-state index contributed by atoms with van der Waals surface area (Å²) in [6, 6.07) is 1.63. The van der Waals surface area contributed by atoms with Crippen molar-refractivity contribution in [3.63, 3.8) is 0 Å². The van der Waals surface area contributed by atoms with Gasteiger partial charge in [-0.15, -0.1) is 6.42 Å². The SMILES string of the molecule is C#CC(C#N)(CO)CO. The van der Waals surface area contributed by atoms with E-state index >= 15 is 0 Å². The number of terminal acetylenes is 1. The normalized spacial score (nSPS) is 9.78. The van der Waals surface area contributed by atoms with Crippen LogP contribution in [-0.2, 0) is 0 Å². The highest BCUT2D eigenvalue weighted by Crippen LogP contribution is 2.10. The van der Waals surface area contributed by atoms with E-state index in [1.807, 2.05) is 5.92 Å². The van der Waals surface area contributed by atoms with E-state index in [0.717, 1.165) is 0 Å². The molecule has 9 heavy (non-hydrogen) atoms. The Balaban J connectivity index is 4.28. The van der Waals surface area contributed by atoms with E-state index in [2.05, 4.69) is 0 Å². The van der Waals surface area contributed by atoms with Gasteiger partial charge in [-0.2, -0.15) is 5.26 Å². The number of aliphatic hydroxyl groups excluding tert-OH is 2. The Morgan fingerprint density at radius 2 is 1.89 bits per heavy atom. The molecule has 0 spiro atoms. The molecule has 0 atom stereocenters. The lowest BCUT2D eigenvalue weighted by Gasteiger charge is -2.11. The Labute approximate surface area is 53.5 Å². The zero-order chi connectivity index (χ0) is 7.33. The average Bonchev–Trinajstić information content (AvgIpc) is 1.95. The van der Waals surface area contributed by atoms with Crippen molar-refractivity contribution < 1.29 is 10.2 Å².